The molecular formula is C44H60N12. The van der Waals surface area contributed by atoms with Crippen molar-refractivity contribution in [1.82, 2.24) is 40.9 Å². The zero-order chi connectivity index (χ0) is 38.2. The highest BCUT2D eigenvalue weighted by atomic mass is 15.4. The van der Waals surface area contributed by atoms with Gasteiger partial charge in [-0.2, -0.15) is 0 Å². The van der Waals surface area contributed by atoms with Gasteiger partial charge in [0.25, 0.3) is 0 Å². The molecule has 4 aromatic rings. The first-order valence-corrected chi connectivity index (χ1v) is 20.3. The van der Waals surface area contributed by atoms with E-state index in [-0.39, 0.29) is 0 Å². The monoisotopic (exact) mass is 757 g/mol. The number of rotatable bonds is 8. The number of hydrogen-bond donors (Lipinski definition) is 4. The number of nitrogens with zero attached hydrogens (tertiary/aromatic N) is 8. The Morgan fingerprint density at radius 2 is 0.500 bits per heavy atom. The summed E-state index contributed by atoms with van der Waals surface area (Å²) < 4.78 is 0. The molecule has 0 bridgehead atoms. The van der Waals surface area contributed by atoms with E-state index in [9.17, 15) is 0 Å². The molecule has 0 spiro atoms. The first kappa shape index (κ1) is 37.3. The predicted molar refractivity (Wildman–Crippen MR) is 229 cm³/mol. The Hall–Kier alpha value is -4.24. The van der Waals surface area contributed by atoms with Crippen molar-refractivity contribution in [2.75, 3.05) is 128 Å². The van der Waals surface area contributed by atoms with Crippen LogP contribution in [0, 0.1) is 0 Å². The number of nitrogens with one attached hydrogen (secondary N) is 4. The molecule has 12 heteroatoms. The fraction of sp³-hybridized carbons (Fsp3) is 0.455. The van der Waals surface area contributed by atoms with E-state index >= 15 is 0 Å². The molecule has 4 saturated heterocycles. The fourth-order valence-electron chi connectivity index (χ4n) is 9.80. The van der Waals surface area contributed by atoms with Gasteiger partial charge in [0.05, 0.1) is 80.0 Å². The Labute approximate surface area is 333 Å². The van der Waals surface area contributed by atoms with E-state index in [2.05, 4.69) is 186 Å². The second kappa shape index (κ2) is 16.3. The molecule has 4 heterocycles. The van der Waals surface area contributed by atoms with Gasteiger partial charge in [-0.15, -0.1) is 0 Å². The molecule has 296 valence electrons. The van der Waals surface area contributed by atoms with Crippen molar-refractivity contribution >= 4 is 22.7 Å². The van der Waals surface area contributed by atoms with E-state index in [1.54, 1.807) is 0 Å². The largest absolute Gasteiger partial charge is 0.346 e. The van der Waals surface area contributed by atoms with Crippen molar-refractivity contribution in [2.24, 2.45) is 0 Å². The molecule has 0 unspecified atom stereocenters. The summed E-state index contributed by atoms with van der Waals surface area (Å²) >= 11 is 0. The van der Waals surface area contributed by atoms with Crippen molar-refractivity contribution in [2.45, 2.75) is 23.7 Å². The predicted octanol–water partition coefficient (Wildman–Crippen LogP) is 3.99. The summed E-state index contributed by atoms with van der Waals surface area (Å²) in [6, 6.07) is 38.1. The molecule has 4 aromatic carbocycles. The van der Waals surface area contributed by atoms with Gasteiger partial charge in [-0.05, 0) is 123 Å². The lowest BCUT2D eigenvalue weighted by atomic mass is 9.49. The summed E-state index contributed by atoms with van der Waals surface area (Å²) in [7, 11) is 8.68. The normalized spacial score (nSPS) is 26.1. The lowest BCUT2D eigenvalue weighted by Crippen LogP contribution is -2.51. The Morgan fingerprint density at radius 3 is 0.679 bits per heavy atom. The zero-order valence-corrected chi connectivity index (χ0v) is 33.6. The molecule has 12 nitrogen and oxygen atoms in total. The number of anilines is 4. The van der Waals surface area contributed by atoms with Gasteiger partial charge in [-0.1, -0.05) is 48.5 Å². The van der Waals surface area contributed by atoms with Crippen molar-refractivity contribution < 1.29 is 0 Å². The topological polar surface area (TPSA) is 74.0 Å². The Bertz CT molecular complexity index is 1600. The van der Waals surface area contributed by atoms with Crippen LogP contribution in [0.4, 0.5) is 22.7 Å². The maximum Gasteiger partial charge on any atom is 0.0727 e. The maximum absolute atomic E-state index is 3.53. The van der Waals surface area contributed by atoms with Crippen LogP contribution in [0.2, 0.25) is 0 Å². The average Bonchev–Trinajstić information content (AvgIpc) is 3.22. The summed E-state index contributed by atoms with van der Waals surface area (Å²) in [5.74, 6) is 1.27. The molecule has 9 rings (SSSR count). The third-order valence-corrected chi connectivity index (χ3v) is 12.5. The first-order valence-electron chi connectivity index (χ1n) is 20.3. The van der Waals surface area contributed by atoms with Gasteiger partial charge >= 0.3 is 0 Å². The lowest BCUT2D eigenvalue weighted by molar-refractivity contribution is 0.228. The third kappa shape index (κ3) is 7.72. The van der Waals surface area contributed by atoms with E-state index in [1.165, 1.54) is 45.0 Å². The van der Waals surface area contributed by atoms with Gasteiger partial charge < -0.3 is 19.6 Å². The molecule has 0 amide bonds. The van der Waals surface area contributed by atoms with Crippen molar-refractivity contribution in [1.29, 1.82) is 0 Å². The van der Waals surface area contributed by atoms with Crippen LogP contribution in [0.25, 0.3) is 0 Å². The van der Waals surface area contributed by atoms with E-state index < -0.39 is 0 Å². The summed E-state index contributed by atoms with van der Waals surface area (Å²) in [5.41, 5.74) is 10.7. The molecule has 1 aliphatic carbocycles. The van der Waals surface area contributed by atoms with E-state index in [4.69, 9.17) is 0 Å². The summed E-state index contributed by atoms with van der Waals surface area (Å²) in [6.45, 7) is 10.8. The average molecular weight is 757 g/mol. The van der Waals surface area contributed by atoms with Crippen molar-refractivity contribution in [3.05, 3.63) is 119 Å². The first-order chi connectivity index (χ1) is 27.4. The van der Waals surface area contributed by atoms with Crippen molar-refractivity contribution in [3.63, 3.8) is 0 Å². The molecular weight excluding hydrogens is 697 g/mol. The highest BCUT2D eigenvalue weighted by Crippen LogP contribution is 2.66. The Morgan fingerprint density at radius 1 is 0.304 bits per heavy atom. The summed E-state index contributed by atoms with van der Waals surface area (Å²) in [4.78, 5) is 18.9. The minimum Gasteiger partial charge on any atom is -0.346 e. The zero-order valence-electron chi connectivity index (χ0n) is 33.6. The molecule has 4 N–H and O–H groups in total. The summed E-state index contributed by atoms with van der Waals surface area (Å²) in [5, 5.41) is 14.1. The molecule has 0 aromatic heterocycles. The van der Waals surface area contributed by atoms with Gasteiger partial charge in [-0.25, -0.2) is 0 Å². The van der Waals surface area contributed by atoms with Crippen LogP contribution in [0.1, 0.15) is 45.9 Å². The molecule has 56 heavy (non-hydrogen) atoms. The van der Waals surface area contributed by atoms with E-state index in [0.29, 0.717) is 23.7 Å². The molecule has 0 radical (unpaired) electrons. The van der Waals surface area contributed by atoms with E-state index in [0.717, 1.165) is 80.0 Å². The summed E-state index contributed by atoms with van der Waals surface area (Å²) in [6.07, 6.45) is 0. The SMILES string of the molecule is CN1CNCN(c2ccc(C3C(c4ccc(N5CNCN(C)C5)cc4)C(c4ccc(N5CNCN(C)C5)cc4)C3c3ccc(N4CNCN(C)C4)cc3)cc2)C1. The second-order valence-electron chi connectivity index (χ2n) is 16.9. The smallest absolute Gasteiger partial charge is 0.0727 e. The number of hydrogen-bond acceptors (Lipinski definition) is 12. The van der Waals surface area contributed by atoms with Gasteiger partial charge in [0.1, 0.15) is 0 Å². The quantitative estimate of drug-likeness (QED) is 0.210. The minimum absolute atomic E-state index is 0.318. The molecule has 5 aliphatic rings. The van der Waals surface area contributed by atoms with Crippen LogP contribution >= 0.6 is 0 Å². The molecule has 4 aliphatic heterocycles. The van der Waals surface area contributed by atoms with Crippen LogP contribution in [-0.2, 0) is 0 Å². The van der Waals surface area contributed by atoms with Crippen LogP contribution in [0.3, 0.4) is 0 Å². The van der Waals surface area contributed by atoms with Crippen LogP contribution in [-0.4, -0.2) is 128 Å². The fourth-order valence-corrected chi connectivity index (χ4v) is 9.80. The molecule has 5 fully saturated rings. The highest BCUT2D eigenvalue weighted by molar-refractivity contribution is 5.58. The highest BCUT2D eigenvalue weighted by Gasteiger charge is 2.52. The van der Waals surface area contributed by atoms with Gasteiger partial charge in [-0.3, -0.25) is 40.9 Å². The minimum atomic E-state index is 0.318. The van der Waals surface area contributed by atoms with Crippen LogP contribution < -0.4 is 40.9 Å². The van der Waals surface area contributed by atoms with Crippen LogP contribution in [0.5, 0.6) is 0 Å². The van der Waals surface area contributed by atoms with E-state index in [1.807, 2.05) is 0 Å². The Balaban J connectivity index is 1.09. The third-order valence-electron chi connectivity index (χ3n) is 12.5. The number of benzene rings is 4. The van der Waals surface area contributed by atoms with Gasteiger partial charge in [0.15, 0.2) is 0 Å². The van der Waals surface area contributed by atoms with Crippen molar-refractivity contribution in [3.8, 4) is 0 Å². The Kier molecular flexibility index (Phi) is 10.9. The molecule has 1 saturated carbocycles. The maximum atomic E-state index is 3.53. The standard InChI is InChI=1S/C44H60N12/c1-49-21-45-25-53(29-49)37-13-5-33(6-14-37)41-42(34-7-15-38(16-8-34)54-26-46-22-50(2)30-54)44(36-11-19-40(20-12-36)56-28-48-24-52(4)32-56)43(41)35-9-17-39(18-10-35)55-27-47-23-51(3)31-55/h5-20,41-48H,21-32H2,1-4H3. The van der Waals surface area contributed by atoms with Crippen LogP contribution in [0.15, 0.2) is 97.1 Å². The molecule has 0 atom stereocenters. The van der Waals surface area contributed by atoms with Gasteiger partial charge in [0.2, 0.25) is 0 Å². The lowest BCUT2D eigenvalue weighted by Gasteiger charge is -2.54. The second-order valence-corrected chi connectivity index (χ2v) is 16.9. The van der Waals surface area contributed by atoms with Gasteiger partial charge in [0, 0.05) is 22.7 Å².